The van der Waals surface area contributed by atoms with Crippen LogP contribution in [0.1, 0.15) is 66.2 Å². The molecule has 0 radical (unpaired) electrons. The largest absolute Gasteiger partial charge is 0.295 e. The van der Waals surface area contributed by atoms with Crippen molar-refractivity contribution in [1.82, 2.24) is 0 Å². The highest BCUT2D eigenvalue weighted by Crippen LogP contribution is 2.41. The lowest BCUT2D eigenvalue weighted by atomic mass is 9.69. The smallest absolute Gasteiger partial charge is 0.158 e. The van der Waals surface area contributed by atoms with Gasteiger partial charge < -0.3 is 0 Å². The summed E-state index contributed by atoms with van der Waals surface area (Å²) in [4.78, 5) is 12.3. The van der Waals surface area contributed by atoms with Gasteiger partial charge in [0.05, 0.1) is 0 Å². The number of allylic oxidation sites excluding steroid dienone is 2. The van der Waals surface area contributed by atoms with Crippen LogP contribution in [0.3, 0.4) is 0 Å². The van der Waals surface area contributed by atoms with Crippen LogP contribution in [-0.4, -0.2) is 5.78 Å². The van der Waals surface area contributed by atoms with E-state index in [9.17, 15) is 4.79 Å². The summed E-state index contributed by atoms with van der Waals surface area (Å²) in [6.45, 7) is 9.13. The maximum absolute atomic E-state index is 12.3. The molecule has 102 valence electrons. The molecular formula is C17H28O. The Hall–Kier alpha value is -0.590. The van der Waals surface area contributed by atoms with Crippen LogP contribution < -0.4 is 0 Å². The Kier molecular flexibility index (Phi) is 3.99. The first-order valence-corrected chi connectivity index (χ1v) is 7.62. The topological polar surface area (TPSA) is 17.1 Å². The molecule has 0 spiro atoms. The van der Waals surface area contributed by atoms with Gasteiger partial charge in [0.1, 0.15) is 0 Å². The molecule has 0 aromatic rings. The van der Waals surface area contributed by atoms with Gasteiger partial charge in [-0.15, -0.1) is 0 Å². The molecule has 1 fully saturated rings. The van der Waals surface area contributed by atoms with Crippen molar-refractivity contribution in [2.24, 2.45) is 23.2 Å². The summed E-state index contributed by atoms with van der Waals surface area (Å²) < 4.78 is 0. The fourth-order valence-electron chi connectivity index (χ4n) is 3.19. The van der Waals surface area contributed by atoms with Crippen LogP contribution in [-0.2, 0) is 4.79 Å². The van der Waals surface area contributed by atoms with Gasteiger partial charge >= 0.3 is 0 Å². The van der Waals surface area contributed by atoms with Crippen molar-refractivity contribution in [1.29, 1.82) is 0 Å². The minimum Gasteiger partial charge on any atom is -0.295 e. The SMILES string of the molecule is CC(C)C1CC(C(=O)CCC2CC2)=CC(C)(C)C1. The van der Waals surface area contributed by atoms with E-state index >= 15 is 0 Å². The summed E-state index contributed by atoms with van der Waals surface area (Å²) in [5.74, 6) is 2.67. The van der Waals surface area contributed by atoms with Crippen LogP contribution in [0, 0.1) is 23.2 Å². The van der Waals surface area contributed by atoms with E-state index in [1.54, 1.807) is 0 Å². The molecule has 18 heavy (non-hydrogen) atoms. The summed E-state index contributed by atoms with van der Waals surface area (Å²) >= 11 is 0. The van der Waals surface area contributed by atoms with Crippen LogP contribution in [0.2, 0.25) is 0 Å². The molecule has 0 N–H and O–H groups in total. The number of ketones is 1. The number of Topliss-reactive ketones (excluding diaryl/α,β-unsaturated/α-hetero) is 1. The maximum atomic E-state index is 12.3. The van der Waals surface area contributed by atoms with E-state index in [1.165, 1.54) is 19.3 Å². The van der Waals surface area contributed by atoms with Gasteiger partial charge in [0.15, 0.2) is 5.78 Å². The summed E-state index contributed by atoms with van der Waals surface area (Å²) in [7, 11) is 0. The van der Waals surface area contributed by atoms with Crippen molar-refractivity contribution in [3.05, 3.63) is 11.6 Å². The first-order chi connectivity index (χ1) is 8.37. The molecule has 0 heterocycles. The molecule has 2 aliphatic carbocycles. The van der Waals surface area contributed by atoms with Gasteiger partial charge in [0.2, 0.25) is 0 Å². The highest BCUT2D eigenvalue weighted by atomic mass is 16.1. The lowest BCUT2D eigenvalue weighted by molar-refractivity contribution is -0.116. The first kappa shape index (κ1) is 13.8. The average Bonchev–Trinajstić information content (AvgIpc) is 3.07. The zero-order chi connectivity index (χ0) is 13.3. The Labute approximate surface area is 112 Å². The molecule has 1 nitrogen and oxygen atoms in total. The predicted molar refractivity (Wildman–Crippen MR) is 76.4 cm³/mol. The van der Waals surface area contributed by atoms with Crippen LogP contribution >= 0.6 is 0 Å². The van der Waals surface area contributed by atoms with Crippen molar-refractivity contribution < 1.29 is 4.79 Å². The van der Waals surface area contributed by atoms with E-state index in [0.29, 0.717) is 17.6 Å². The third kappa shape index (κ3) is 3.70. The van der Waals surface area contributed by atoms with Crippen molar-refractivity contribution in [3.63, 3.8) is 0 Å². The van der Waals surface area contributed by atoms with Crippen molar-refractivity contribution in [2.45, 2.75) is 66.2 Å². The number of hydrogen-bond acceptors (Lipinski definition) is 1. The molecule has 0 saturated heterocycles. The van der Waals surface area contributed by atoms with Crippen LogP contribution in [0.4, 0.5) is 0 Å². The minimum atomic E-state index is 0.206. The second-order valence-electron chi connectivity index (χ2n) is 7.48. The summed E-state index contributed by atoms with van der Waals surface area (Å²) in [6, 6.07) is 0. The third-order valence-electron chi connectivity index (χ3n) is 4.61. The van der Waals surface area contributed by atoms with Gasteiger partial charge in [0.25, 0.3) is 0 Å². The standard InChI is InChI=1S/C17H28O/c1-12(2)14-9-15(11-17(3,4)10-14)16(18)8-7-13-5-6-13/h11-14H,5-10H2,1-4H3. The van der Waals surface area contributed by atoms with Crippen LogP contribution in [0.15, 0.2) is 11.6 Å². The van der Waals surface area contributed by atoms with Gasteiger partial charge in [-0.05, 0) is 48.0 Å². The van der Waals surface area contributed by atoms with E-state index in [-0.39, 0.29) is 5.41 Å². The third-order valence-corrected chi connectivity index (χ3v) is 4.61. The Morgan fingerprint density at radius 3 is 2.61 bits per heavy atom. The lowest BCUT2D eigenvalue weighted by Crippen LogP contribution is -2.26. The maximum Gasteiger partial charge on any atom is 0.158 e. The van der Waals surface area contributed by atoms with E-state index in [2.05, 4.69) is 33.8 Å². The van der Waals surface area contributed by atoms with Crippen molar-refractivity contribution in [2.75, 3.05) is 0 Å². The van der Waals surface area contributed by atoms with Crippen molar-refractivity contribution in [3.8, 4) is 0 Å². The molecule has 2 aliphatic rings. The molecular weight excluding hydrogens is 220 g/mol. The summed E-state index contributed by atoms with van der Waals surface area (Å²) in [5, 5.41) is 0. The number of rotatable bonds is 5. The predicted octanol–water partition coefficient (Wildman–Crippen LogP) is 4.76. The lowest BCUT2D eigenvalue weighted by Gasteiger charge is -2.35. The molecule has 2 rings (SSSR count). The van der Waals surface area contributed by atoms with Gasteiger partial charge in [0, 0.05) is 6.42 Å². The Morgan fingerprint density at radius 2 is 2.06 bits per heavy atom. The van der Waals surface area contributed by atoms with E-state index in [4.69, 9.17) is 0 Å². The molecule has 0 aromatic carbocycles. The van der Waals surface area contributed by atoms with Crippen LogP contribution in [0.25, 0.3) is 0 Å². The molecule has 1 saturated carbocycles. The van der Waals surface area contributed by atoms with Gasteiger partial charge in [-0.2, -0.15) is 0 Å². The Morgan fingerprint density at radius 1 is 1.39 bits per heavy atom. The molecule has 0 bridgehead atoms. The normalized spacial score (nSPS) is 27.2. The summed E-state index contributed by atoms with van der Waals surface area (Å²) in [6.07, 6.45) is 9.13. The molecule has 0 amide bonds. The van der Waals surface area contributed by atoms with E-state index in [0.717, 1.165) is 30.8 Å². The molecule has 1 atom stereocenters. The fraction of sp³-hybridized carbons (Fsp3) is 0.824. The first-order valence-electron chi connectivity index (χ1n) is 7.62. The molecule has 0 aromatic heterocycles. The second kappa shape index (κ2) is 5.19. The van der Waals surface area contributed by atoms with E-state index < -0.39 is 0 Å². The molecule has 1 heteroatoms. The van der Waals surface area contributed by atoms with Gasteiger partial charge in [-0.25, -0.2) is 0 Å². The quantitative estimate of drug-likeness (QED) is 0.685. The van der Waals surface area contributed by atoms with E-state index in [1.807, 2.05) is 0 Å². The zero-order valence-corrected chi connectivity index (χ0v) is 12.5. The Bertz CT molecular complexity index is 345. The highest BCUT2D eigenvalue weighted by Gasteiger charge is 2.32. The fourth-order valence-corrected chi connectivity index (χ4v) is 3.19. The highest BCUT2D eigenvalue weighted by molar-refractivity contribution is 5.95. The van der Waals surface area contributed by atoms with Gasteiger partial charge in [-0.1, -0.05) is 46.6 Å². The van der Waals surface area contributed by atoms with Crippen molar-refractivity contribution >= 4 is 5.78 Å². The zero-order valence-electron chi connectivity index (χ0n) is 12.5. The summed E-state index contributed by atoms with van der Waals surface area (Å²) in [5.41, 5.74) is 1.34. The van der Waals surface area contributed by atoms with Gasteiger partial charge in [-0.3, -0.25) is 4.79 Å². The molecule has 1 unspecified atom stereocenters. The minimum absolute atomic E-state index is 0.206. The second-order valence-corrected chi connectivity index (χ2v) is 7.48. The van der Waals surface area contributed by atoms with Crippen LogP contribution in [0.5, 0.6) is 0 Å². The number of carbonyl (C=O) groups excluding carboxylic acids is 1. The average molecular weight is 248 g/mol. The molecule has 0 aliphatic heterocycles. The monoisotopic (exact) mass is 248 g/mol. The number of carbonyl (C=O) groups is 1. The Balaban J connectivity index is 2.00. The number of hydrogen-bond donors (Lipinski definition) is 0.